The fourth-order valence-electron chi connectivity index (χ4n) is 1.65. The molecule has 1 aromatic heterocycles. The summed E-state index contributed by atoms with van der Waals surface area (Å²) in [5, 5.41) is 0. The van der Waals surface area contributed by atoms with Gasteiger partial charge in [0.2, 0.25) is 0 Å². The first kappa shape index (κ1) is 8.79. The van der Waals surface area contributed by atoms with Gasteiger partial charge in [0, 0.05) is 11.4 Å². The quantitative estimate of drug-likeness (QED) is 0.719. The summed E-state index contributed by atoms with van der Waals surface area (Å²) in [6, 6.07) is 5.86. The second-order valence-corrected chi connectivity index (χ2v) is 4.38. The van der Waals surface area contributed by atoms with Gasteiger partial charge in [-0.05, 0) is 18.2 Å². The predicted molar refractivity (Wildman–Crippen MR) is 64.2 cm³/mol. The van der Waals surface area contributed by atoms with Crippen LogP contribution in [0.4, 0.5) is 5.69 Å². The number of anilines is 1. The van der Waals surface area contributed by atoms with Crippen molar-refractivity contribution in [3.63, 3.8) is 0 Å². The van der Waals surface area contributed by atoms with E-state index in [9.17, 15) is 0 Å². The number of H-pyrrole nitrogens is 1. The second kappa shape index (κ2) is 3.27. The maximum atomic E-state index is 5.71. The molecule has 0 bridgehead atoms. The lowest BCUT2D eigenvalue weighted by atomic mass is 10.3. The normalized spacial score (nSPS) is 20.1. The number of rotatable bonds is 1. The van der Waals surface area contributed by atoms with Crippen LogP contribution in [0.3, 0.4) is 0 Å². The molecule has 4 nitrogen and oxygen atoms in total. The van der Waals surface area contributed by atoms with E-state index in [1.54, 1.807) is 11.8 Å². The minimum atomic E-state index is 0.170. The Bertz CT molecular complexity index is 531. The fourth-order valence-corrected chi connectivity index (χ4v) is 2.39. The number of nitrogen functional groups attached to an aromatic ring is 1. The number of fused-ring (bicyclic) bond motifs is 1. The zero-order chi connectivity index (χ0) is 10.3. The van der Waals surface area contributed by atoms with Gasteiger partial charge in [-0.1, -0.05) is 0 Å². The number of benzene rings is 1. The molecule has 3 rings (SSSR count). The molecule has 2 heterocycles. The van der Waals surface area contributed by atoms with E-state index in [0.29, 0.717) is 0 Å². The summed E-state index contributed by atoms with van der Waals surface area (Å²) in [5.41, 5.74) is 10.3. The van der Waals surface area contributed by atoms with Gasteiger partial charge in [-0.3, -0.25) is 4.99 Å². The number of nitrogens with one attached hydrogen (secondary N) is 1. The van der Waals surface area contributed by atoms with Crippen LogP contribution in [0.15, 0.2) is 23.2 Å². The molecule has 76 valence electrons. The molecule has 5 heteroatoms. The van der Waals surface area contributed by atoms with E-state index in [4.69, 9.17) is 5.73 Å². The number of aliphatic imine (C=N–C) groups is 1. The Labute approximate surface area is 91.0 Å². The zero-order valence-corrected chi connectivity index (χ0v) is 8.79. The summed E-state index contributed by atoms with van der Waals surface area (Å²) in [6.07, 6.45) is 0. The summed E-state index contributed by atoms with van der Waals surface area (Å²) in [7, 11) is 0. The Morgan fingerprint density at radius 3 is 3.20 bits per heavy atom. The SMILES string of the molecule is Nc1ccc2nc(C3CSC=N3)[nH]c2c1. The highest BCUT2D eigenvalue weighted by Gasteiger charge is 2.17. The van der Waals surface area contributed by atoms with E-state index in [1.807, 2.05) is 23.7 Å². The van der Waals surface area contributed by atoms with Gasteiger partial charge in [0.25, 0.3) is 0 Å². The summed E-state index contributed by atoms with van der Waals surface area (Å²) in [4.78, 5) is 12.1. The third kappa shape index (κ3) is 1.48. The average Bonchev–Trinajstić information content (AvgIpc) is 2.84. The molecule has 0 radical (unpaired) electrons. The third-order valence-corrected chi connectivity index (χ3v) is 3.19. The average molecular weight is 218 g/mol. The van der Waals surface area contributed by atoms with E-state index in [0.717, 1.165) is 28.3 Å². The number of thioether (sulfide) groups is 1. The van der Waals surface area contributed by atoms with E-state index < -0.39 is 0 Å². The van der Waals surface area contributed by atoms with Gasteiger partial charge in [-0.15, -0.1) is 11.8 Å². The maximum Gasteiger partial charge on any atom is 0.133 e. The molecule has 15 heavy (non-hydrogen) atoms. The van der Waals surface area contributed by atoms with E-state index in [2.05, 4.69) is 15.0 Å². The number of nitrogens with zero attached hydrogens (tertiary/aromatic N) is 2. The first-order valence-corrected chi connectivity index (χ1v) is 5.76. The van der Waals surface area contributed by atoms with Crippen LogP contribution in [0.1, 0.15) is 11.9 Å². The molecule has 0 aliphatic carbocycles. The standard InChI is InChI=1S/C10H10N4S/c11-6-1-2-7-8(3-6)14-10(13-7)9-4-15-5-12-9/h1-3,5,9H,4,11H2,(H,13,14). The van der Waals surface area contributed by atoms with Crippen LogP contribution in [0.25, 0.3) is 11.0 Å². The third-order valence-electron chi connectivity index (χ3n) is 2.41. The molecular formula is C10H10N4S. The number of hydrogen-bond acceptors (Lipinski definition) is 4. The number of imidazole rings is 1. The van der Waals surface area contributed by atoms with Crippen LogP contribution >= 0.6 is 11.8 Å². The van der Waals surface area contributed by atoms with Crippen LogP contribution in [-0.4, -0.2) is 21.3 Å². The number of nitrogens with two attached hydrogens (primary N) is 1. The van der Waals surface area contributed by atoms with Crippen molar-refractivity contribution >= 4 is 34.0 Å². The van der Waals surface area contributed by atoms with Crippen molar-refractivity contribution in [3.05, 3.63) is 24.0 Å². The molecule has 1 aliphatic rings. The molecule has 1 aromatic carbocycles. The molecule has 0 saturated heterocycles. The summed E-state index contributed by atoms with van der Waals surface area (Å²) in [5.74, 6) is 1.90. The first-order chi connectivity index (χ1) is 7.33. The Morgan fingerprint density at radius 1 is 1.47 bits per heavy atom. The molecule has 3 N–H and O–H groups in total. The lowest BCUT2D eigenvalue weighted by Gasteiger charge is -1.99. The number of aromatic amines is 1. The number of hydrogen-bond donors (Lipinski definition) is 2. The highest BCUT2D eigenvalue weighted by molar-refractivity contribution is 8.12. The summed E-state index contributed by atoms with van der Waals surface area (Å²) in [6.45, 7) is 0. The van der Waals surface area contributed by atoms with Crippen LogP contribution < -0.4 is 5.73 Å². The number of aromatic nitrogens is 2. The van der Waals surface area contributed by atoms with Gasteiger partial charge in [-0.25, -0.2) is 4.98 Å². The van der Waals surface area contributed by atoms with Crippen LogP contribution in [-0.2, 0) is 0 Å². The Hall–Kier alpha value is -1.49. The second-order valence-electron chi connectivity index (χ2n) is 3.50. The van der Waals surface area contributed by atoms with Crippen molar-refractivity contribution in [1.29, 1.82) is 0 Å². The lowest BCUT2D eigenvalue weighted by molar-refractivity contribution is 0.788. The van der Waals surface area contributed by atoms with Crippen molar-refractivity contribution in [2.24, 2.45) is 4.99 Å². The highest BCUT2D eigenvalue weighted by Crippen LogP contribution is 2.26. The van der Waals surface area contributed by atoms with E-state index >= 15 is 0 Å². The van der Waals surface area contributed by atoms with E-state index in [1.165, 1.54) is 0 Å². The minimum absolute atomic E-state index is 0.170. The monoisotopic (exact) mass is 218 g/mol. The zero-order valence-electron chi connectivity index (χ0n) is 7.97. The fraction of sp³-hybridized carbons (Fsp3) is 0.200. The molecule has 0 saturated carbocycles. The predicted octanol–water partition coefficient (Wildman–Crippen LogP) is 1.96. The van der Waals surface area contributed by atoms with Gasteiger partial charge in [-0.2, -0.15) is 0 Å². The van der Waals surface area contributed by atoms with Crippen molar-refractivity contribution in [2.75, 3.05) is 11.5 Å². The van der Waals surface area contributed by atoms with Gasteiger partial charge in [0.15, 0.2) is 0 Å². The Kier molecular flexibility index (Phi) is 1.92. The summed E-state index contributed by atoms with van der Waals surface area (Å²) >= 11 is 1.71. The van der Waals surface area contributed by atoms with Crippen LogP contribution in [0, 0.1) is 0 Å². The molecule has 1 aliphatic heterocycles. The van der Waals surface area contributed by atoms with Crippen LogP contribution in [0.2, 0.25) is 0 Å². The molecular weight excluding hydrogens is 208 g/mol. The molecule has 0 spiro atoms. The lowest BCUT2D eigenvalue weighted by Crippen LogP contribution is -1.96. The van der Waals surface area contributed by atoms with Crippen LogP contribution in [0.5, 0.6) is 0 Å². The smallest absolute Gasteiger partial charge is 0.133 e. The molecule has 1 atom stereocenters. The molecule has 0 amide bonds. The van der Waals surface area contributed by atoms with Gasteiger partial charge >= 0.3 is 0 Å². The maximum absolute atomic E-state index is 5.71. The van der Waals surface area contributed by atoms with Crippen molar-refractivity contribution in [2.45, 2.75) is 6.04 Å². The Balaban J connectivity index is 2.09. The van der Waals surface area contributed by atoms with Crippen molar-refractivity contribution in [3.8, 4) is 0 Å². The van der Waals surface area contributed by atoms with Gasteiger partial charge < -0.3 is 10.7 Å². The summed E-state index contributed by atoms with van der Waals surface area (Å²) < 4.78 is 0. The van der Waals surface area contributed by atoms with E-state index in [-0.39, 0.29) is 6.04 Å². The molecule has 2 aromatic rings. The molecule has 0 fully saturated rings. The Morgan fingerprint density at radius 2 is 2.40 bits per heavy atom. The van der Waals surface area contributed by atoms with Crippen molar-refractivity contribution < 1.29 is 0 Å². The topological polar surface area (TPSA) is 67.1 Å². The first-order valence-electron chi connectivity index (χ1n) is 4.71. The van der Waals surface area contributed by atoms with Gasteiger partial charge in [0.1, 0.15) is 11.9 Å². The largest absolute Gasteiger partial charge is 0.399 e. The van der Waals surface area contributed by atoms with Gasteiger partial charge in [0.05, 0.1) is 16.6 Å². The van der Waals surface area contributed by atoms with Crippen molar-refractivity contribution in [1.82, 2.24) is 9.97 Å². The highest BCUT2D eigenvalue weighted by atomic mass is 32.2. The molecule has 1 unspecified atom stereocenters. The minimum Gasteiger partial charge on any atom is -0.399 e.